The van der Waals surface area contributed by atoms with Crippen molar-refractivity contribution in [2.45, 2.75) is 245 Å². The molecule has 0 radical (unpaired) electrons. The van der Waals surface area contributed by atoms with E-state index in [4.69, 9.17) is 14.2 Å². The Morgan fingerprint density at radius 2 is 0.619 bits per heavy atom. The maximum absolute atomic E-state index is 12.8. The largest absolute Gasteiger partial charge is 0.462 e. The van der Waals surface area contributed by atoms with E-state index in [9.17, 15) is 14.4 Å². The van der Waals surface area contributed by atoms with Gasteiger partial charge in [-0.1, -0.05) is 196 Å². The van der Waals surface area contributed by atoms with Crippen LogP contribution in [0.25, 0.3) is 0 Å². The van der Waals surface area contributed by atoms with Crippen molar-refractivity contribution in [1.82, 2.24) is 0 Å². The maximum Gasteiger partial charge on any atom is 0.306 e. The Labute approximate surface area is 388 Å². The summed E-state index contributed by atoms with van der Waals surface area (Å²) in [5.74, 6) is -0.952. The third-order valence-corrected chi connectivity index (χ3v) is 10.9. The van der Waals surface area contributed by atoms with E-state index in [0.717, 1.165) is 109 Å². The van der Waals surface area contributed by atoms with Crippen LogP contribution in [0.3, 0.4) is 0 Å². The summed E-state index contributed by atoms with van der Waals surface area (Å²) >= 11 is 0. The molecular weight excluding hydrogens is 781 g/mol. The highest BCUT2D eigenvalue weighted by atomic mass is 16.6. The van der Waals surface area contributed by atoms with E-state index in [1.54, 1.807) is 0 Å². The second kappa shape index (κ2) is 51.2. The summed E-state index contributed by atoms with van der Waals surface area (Å²) in [4.78, 5) is 37.9. The third-order valence-electron chi connectivity index (χ3n) is 10.9. The lowest BCUT2D eigenvalue weighted by Gasteiger charge is -2.18. The first-order chi connectivity index (χ1) is 31.0. The molecule has 0 fully saturated rings. The lowest BCUT2D eigenvalue weighted by molar-refractivity contribution is -0.167. The zero-order chi connectivity index (χ0) is 45.8. The number of hydrogen-bond acceptors (Lipinski definition) is 6. The summed E-state index contributed by atoms with van der Waals surface area (Å²) in [6, 6.07) is 0. The third kappa shape index (κ3) is 49.5. The SMILES string of the molecule is CC/C=C\C/C=C\C/C=C\C/C=C\CCCCCCCCC(=O)OCC(COC(=O)CCCC/C=C\C/C=C\CC)OC(=O)CCCCCCCCC/C=C\CCCCCCCC. The Balaban J connectivity index is 4.36. The summed E-state index contributed by atoms with van der Waals surface area (Å²) < 4.78 is 16.7. The van der Waals surface area contributed by atoms with Crippen molar-refractivity contribution >= 4 is 17.9 Å². The molecule has 0 amide bonds. The molecule has 0 aliphatic rings. The van der Waals surface area contributed by atoms with Crippen LogP contribution in [0.5, 0.6) is 0 Å². The molecule has 1 unspecified atom stereocenters. The molecule has 0 saturated carbocycles. The lowest BCUT2D eigenvalue weighted by Crippen LogP contribution is -2.30. The molecule has 0 rings (SSSR count). The molecule has 0 N–H and O–H groups in total. The van der Waals surface area contributed by atoms with Crippen LogP contribution in [0.15, 0.2) is 85.1 Å². The molecule has 1 atom stereocenters. The molecular formula is C57H96O6. The number of carbonyl (C=O) groups excluding carboxylic acids is 3. The van der Waals surface area contributed by atoms with Gasteiger partial charge in [0, 0.05) is 19.3 Å². The monoisotopic (exact) mass is 877 g/mol. The van der Waals surface area contributed by atoms with Crippen LogP contribution >= 0.6 is 0 Å². The molecule has 0 aromatic rings. The molecule has 0 saturated heterocycles. The molecule has 6 nitrogen and oxygen atoms in total. The van der Waals surface area contributed by atoms with Crippen LogP contribution in [-0.4, -0.2) is 37.2 Å². The molecule has 0 aromatic carbocycles. The van der Waals surface area contributed by atoms with Crippen LogP contribution < -0.4 is 0 Å². The Hall–Kier alpha value is -3.41. The fourth-order valence-corrected chi connectivity index (χ4v) is 6.99. The van der Waals surface area contributed by atoms with E-state index in [1.807, 2.05) is 0 Å². The fraction of sp³-hybridized carbons (Fsp3) is 0.702. The molecule has 0 aliphatic heterocycles. The first-order valence-electron chi connectivity index (χ1n) is 26.1. The molecule has 0 bridgehead atoms. The van der Waals surface area contributed by atoms with E-state index in [0.29, 0.717) is 19.3 Å². The topological polar surface area (TPSA) is 78.9 Å². The number of ether oxygens (including phenoxy) is 3. The van der Waals surface area contributed by atoms with Gasteiger partial charge in [0.1, 0.15) is 13.2 Å². The van der Waals surface area contributed by atoms with Crippen LogP contribution in [0.2, 0.25) is 0 Å². The van der Waals surface area contributed by atoms with Crippen molar-refractivity contribution < 1.29 is 28.6 Å². The predicted molar refractivity (Wildman–Crippen MR) is 270 cm³/mol. The standard InChI is InChI=1S/C57H96O6/c1-4-7-10-13-16-19-21-23-25-27-28-30-31-33-35-38-41-44-47-50-56(59)62-53-54(52-61-55(58)49-46-43-40-37-18-15-12-9-6-3)63-57(60)51-48-45-42-39-36-34-32-29-26-24-22-20-17-14-11-8-5-2/h7,9-10,12,16,18-19,23-26,28,30,37,54H,4-6,8,11,13-15,17,20-22,27,29,31-36,38-53H2,1-3H3/b10-7-,12-9-,19-16-,25-23-,26-24-,30-28-,37-18-. The maximum atomic E-state index is 12.8. The van der Waals surface area contributed by atoms with Crippen LogP contribution in [-0.2, 0) is 28.6 Å². The number of carbonyl (C=O) groups is 3. The fourth-order valence-electron chi connectivity index (χ4n) is 6.99. The van der Waals surface area contributed by atoms with Gasteiger partial charge in [-0.05, 0) is 109 Å². The number of hydrogen-bond donors (Lipinski definition) is 0. The van der Waals surface area contributed by atoms with Gasteiger partial charge in [0.2, 0.25) is 0 Å². The van der Waals surface area contributed by atoms with Gasteiger partial charge in [-0.15, -0.1) is 0 Å². The van der Waals surface area contributed by atoms with Gasteiger partial charge in [0.25, 0.3) is 0 Å². The number of esters is 3. The van der Waals surface area contributed by atoms with Crippen molar-refractivity contribution in [3.8, 4) is 0 Å². The molecule has 360 valence electrons. The highest BCUT2D eigenvalue weighted by Crippen LogP contribution is 2.14. The zero-order valence-electron chi connectivity index (χ0n) is 41.1. The quantitative estimate of drug-likeness (QED) is 0.0262. The minimum Gasteiger partial charge on any atom is -0.462 e. The van der Waals surface area contributed by atoms with Gasteiger partial charge < -0.3 is 14.2 Å². The van der Waals surface area contributed by atoms with Gasteiger partial charge >= 0.3 is 17.9 Å². The Kier molecular flexibility index (Phi) is 48.5. The first-order valence-corrected chi connectivity index (χ1v) is 26.1. The molecule has 6 heteroatoms. The van der Waals surface area contributed by atoms with E-state index in [1.165, 1.54) is 89.9 Å². The number of rotatable bonds is 46. The van der Waals surface area contributed by atoms with E-state index in [-0.39, 0.29) is 31.1 Å². The molecule has 0 aliphatic carbocycles. The van der Waals surface area contributed by atoms with E-state index < -0.39 is 6.10 Å². The van der Waals surface area contributed by atoms with Gasteiger partial charge in [-0.25, -0.2) is 0 Å². The summed E-state index contributed by atoms with van der Waals surface area (Å²) in [6.07, 6.45) is 65.8. The van der Waals surface area contributed by atoms with Gasteiger partial charge in [-0.2, -0.15) is 0 Å². The van der Waals surface area contributed by atoms with Crippen molar-refractivity contribution in [1.29, 1.82) is 0 Å². The lowest BCUT2D eigenvalue weighted by atomic mass is 10.1. The zero-order valence-corrected chi connectivity index (χ0v) is 41.1. The Bertz CT molecular complexity index is 1240. The Morgan fingerprint density at radius 3 is 1.02 bits per heavy atom. The summed E-state index contributed by atoms with van der Waals surface area (Å²) in [7, 11) is 0. The number of unbranched alkanes of at least 4 members (excludes halogenated alkanes) is 21. The summed E-state index contributed by atoms with van der Waals surface area (Å²) in [5.41, 5.74) is 0. The molecule has 63 heavy (non-hydrogen) atoms. The highest BCUT2D eigenvalue weighted by Gasteiger charge is 2.19. The average molecular weight is 877 g/mol. The van der Waals surface area contributed by atoms with Crippen molar-refractivity contribution in [3.05, 3.63) is 85.1 Å². The van der Waals surface area contributed by atoms with Crippen LogP contribution in [0.1, 0.15) is 239 Å². The van der Waals surface area contributed by atoms with Gasteiger partial charge in [-0.3, -0.25) is 14.4 Å². The normalized spacial score (nSPS) is 12.7. The van der Waals surface area contributed by atoms with Crippen LogP contribution in [0, 0.1) is 0 Å². The molecule has 0 aromatic heterocycles. The Morgan fingerprint density at radius 1 is 0.333 bits per heavy atom. The predicted octanol–water partition coefficient (Wildman–Crippen LogP) is 17.2. The van der Waals surface area contributed by atoms with Gasteiger partial charge in [0.15, 0.2) is 6.10 Å². The minimum absolute atomic E-state index is 0.0966. The molecule has 0 spiro atoms. The van der Waals surface area contributed by atoms with Crippen LogP contribution in [0.4, 0.5) is 0 Å². The summed E-state index contributed by atoms with van der Waals surface area (Å²) in [5, 5.41) is 0. The van der Waals surface area contributed by atoms with E-state index >= 15 is 0 Å². The van der Waals surface area contributed by atoms with Crippen molar-refractivity contribution in [2.24, 2.45) is 0 Å². The highest BCUT2D eigenvalue weighted by molar-refractivity contribution is 5.71. The number of allylic oxidation sites excluding steroid dienone is 14. The van der Waals surface area contributed by atoms with E-state index in [2.05, 4.69) is 106 Å². The average Bonchev–Trinajstić information content (AvgIpc) is 3.28. The summed E-state index contributed by atoms with van der Waals surface area (Å²) in [6.45, 7) is 6.35. The van der Waals surface area contributed by atoms with Crippen molar-refractivity contribution in [3.63, 3.8) is 0 Å². The smallest absolute Gasteiger partial charge is 0.306 e. The second-order valence-electron chi connectivity index (χ2n) is 17.0. The molecule has 0 heterocycles. The van der Waals surface area contributed by atoms with Gasteiger partial charge in [0.05, 0.1) is 0 Å². The first kappa shape index (κ1) is 59.6. The van der Waals surface area contributed by atoms with Crippen molar-refractivity contribution in [2.75, 3.05) is 13.2 Å². The minimum atomic E-state index is -0.797. The second-order valence-corrected chi connectivity index (χ2v) is 17.0.